The molecule has 0 radical (unpaired) electrons. The van der Waals surface area contributed by atoms with Crippen molar-refractivity contribution in [3.63, 3.8) is 0 Å². The Balaban J connectivity index is 1.79. The molecule has 4 heterocycles. The SMILES string of the molecule is COc1ncc(-c2cc(C)c3c(n2)C(C)(C)N(c2cnn(CCF)c2)C3=O)cc1C(=O)NCN. The number of halogens is 1. The molecule has 0 saturated carbocycles. The number of pyridine rings is 2. The number of anilines is 1. The van der Waals surface area contributed by atoms with Gasteiger partial charge in [-0.25, -0.2) is 14.4 Å². The van der Waals surface area contributed by atoms with E-state index in [9.17, 15) is 14.0 Å². The topological polar surface area (TPSA) is 128 Å². The Morgan fingerprint density at radius 3 is 2.74 bits per heavy atom. The summed E-state index contributed by atoms with van der Waals surface area (Å²) in [7, 11) is 1.43. The van der Waals surface area contributed by atoms with E-state index in [1.54, 1.807) is 35.6 Å². The number of ether oxygens (including phenoxy) is 1. The summed E-state index contributed by atoms with van der Waals surface area (Å²) >= 11 is 0. The molecule has 0 spiro atoms. The van der Waals surface area contributed by atoms with E-state index in [2.05, 4.69) is 15.4 Å². The second-order valence-electron chi connectivity index (χ2n) is 8.39. The van der Waals surface area contributed by atoms with Gasteiger partial charge in [-0.3, -0.25) is 19.2 Å². The van der Waals surface area contributed by atoms with Crippen molar-refractivity contribution >= 4 is 17.5 Å². The van der Waals surface area contributed by atoms with Crippen LogP contribution < -0.4 is 20.7 Å². The molecular weight excluding hydrogens is 441 g/mol. The predicted octanol–water partition coefficient (Wildman–Crippen LogP) is 2.17. The fourth-order valence-corrected chi connectivity index (χ4v) is 4.23. The molecule has 178 valence electrons. The van der Waals surface area contributed by atoms with Gasteiger partial charge in [0.15, 0.2) is 0 Å². The summed E-state index contributed by atoms with van der Waals surface area (Å²) < 4.78 is 19.4. The lowest BCUT2D eigenvalue weighted by molar-refractivity contribution is 0.0949. The second-order valence-corrected chi connectivity index (χ2v) is 8.39. The van der Waals surface area contributed by atoms with Gasteiger partial charge in [0.1, 0.15) is 12.2 Å². The molecule has 3 N–H and O–H groups in total. The summed E-state index contributed by atoms with van der Waals surface area (Å²) in [6.45, 7) is 5.16. The van der Waals surface area contributed by atoms with Crippen LogP contribution in [-0.4, -0.2) is 52.0 Å². The highest BCUT2D eigenvalue weighted by atomic mass is 19.1. The molecule has 4 rings (SSSR count). The third kappa shape index (κ3) is 3.77. The van der Waals surface area contributed by atoms with Crippen molar-refractivity contribution in [2.24, 2.45) is 5.73 Å². The number of nitrogens with one attached hydrogen (secondary N) is 1. The highest BCUT2D eigenvalue weighted by Gasteiger charge is 2.47. The van der Waals surface area contributed by atoms with Crippen molar-refractivity contribution in [2.45, 2.75) is 32.9 Å². The molecule has 1 aliphatic rings. The zero-order chi connectivity index (χ0) is 24.6. The van der Waals surface area contributed by atoms with E-state index in [0.29, 0.717) is 28.2 Å². The first-order valence-electron chi connectivity index (χ1n) is 10.7. The lowest BCUT2D eigenvalue weighted by atomic mass is 9.96. The van der Waals surface area contributed by atoms with Crippen molar-refractivity contribution in [1.82, 2.24) is 25.1 Å². The number of nitrogens with two attached hydrogens (primary N) is 1. The molecule has 0 aromatic carbocycles. The number of carbonyl (C=O) groups is 2. The average molecular weight is 468 g/mol. The molecule has 1 aliphatic heterocycles. The van der Waals surface area contributed by atoms with Crippen LogP contribution in [0.15, 0.2) is 30.7 Å². The summed E-state index contributed by atoms with van der Waals surface area (Å²) in [6.07, 6.45) is 4.76. The van der Waals surface area contributed by atoms with Gasteiger partial charge >= 0.3 is 0 Å². The number of methoxy groups -OCH3 is 1. The van der Waals surface area contributed by atoms with Crippen LogP contribution in [0.1, 0.15) is 45.8 Å². The summed E-state index contributed by atoms with van der Waals surface area (Å²) in [6, 6.07) is 3.42. The van der Waals surface area contributed by atoms with Crippen LogP contribution in [0, 0.1) is 6.92 Å². The maximum absolute atomic E-state index is 13.4. The fourth-order valence-electron chi connectivity index (χ4n) is 4.23. The average Bonchev–Trinajstić information content (AvgIpc) is 3.33. The van der Waals surface area contributed by atoms with Crippen molar-refractivity contribution < 1.29 is 18.7 Å². The van der Waals surface area contributed by atoms with Crippen LogP contribution in [0.5, 0.6) is 5.88 Å². The van der Waals surface area contributed by atoms with Crippen LogP contribution in [0.4, 0.5) is 10.1 Å². The number of fused-ring (bicyclic) bond motifs is 1. The molecule has 3 aromatic heterocycles. The number of hydrogen-bond donors (Lipinski definition) is 2. The summed E-state index contributed by atoms with van der Waals surface area (Å²) in [5, 5.41) is 6.69. The first kappa shape index (κ1) is 23.3. The number of alkyl halides is 1. The van der Waals surface area contributed by atoms with E-state index in [-0.39, 0.29) is 30.6 Å². The number of amides is 2. The van der Waals surface area contributed by atoms with E-state index in [0.717, 1.165) is 5.56 Å². The normalized spacial score (nSPS) is 14.3. The Hall–Kier alpha value is -3.86. The van der Waals surface area contributed by atoms with Gasteiger partial charge in [0.05, 0.1) is 54.7 Å². The minimum absolute atomic E-state index is 0.0313. The Kier molecular flexibility index (Phi) is 6.05. The quantitative estimate of drug-likeness (QED) is 0.510. The van der Waals surface area contributed by atoms with Gasteiger partial charge in [-0.15, -0.1) is 0 Å². The zero-order valence-corrected chi connectivity index (χ0v) is 19.4. The zero-order valence-electron chi connectivity index (χ0n) is 19.4. The van der Waals surface area contributed by atoms with Crippen molar-refractivity contribution in [1.29, 1.82) is 0 Å². The molecule has 2 amide bonds. The highest BCUT2D eigenvalue weighted by Crippen LogP contribution is 2.43. The van der Waals surface area contributed by atoms with Gasteiger partial charge in [0.2, 0.25) is 5.88 Å². The number of carbonyl (C=O) groups excluding carboxylic acids is 2. The van der Waals surface area contributed by atoms with Gasteiger partial charge in [-0.05, 0) is 38.5 Å². The number of rotatable bonds is 7. The molecule has 0 aliphatic carbocycles. The molecule has 11 heteroatoms. The van der Waals surface area contributed by atoms with E-state index in [1.807, 2.05) is 20.8 Å². The number of aromatic nitrogens is 4. The molecule has 34 heavy (non-hydrogen) atoms. The third-order valence-electron chi connectivity index (χ3n) is 5.81. The van der Waals surface area contributed by atoms with Crippen LogP contribution in [0.2, 0.25) is 0 Å². The van der Waals surface area contributed by atoms with E-state index < -0.39 is 18.1 Å². The number of nitrogens with zero attached hydrogens (tertiary/aromatic N) is 5. The molecule has 10 nitrogen and oxygen atoms in total. The van der Waals surface area contributed by atoms with E-state index in [1.165, 1.54) is 11.8 Å². The molecule has 0 unspecified atom stereocenters. The Morgan fingerprint density at radius 2 is 2.06 bits per heavy atom. The Morgan fingerprint density at radius 1 is 1.29 bits per heavy atom. The molecule has 3 aromatic rings. The largest absolute Gasteiger partial charge is 0.480 e. The molecular formula is C23H26FN7O3. The number of hydrogen-bond acceptors (Lipinski definition) is 7. The Labute approximate surface area is 195 Å². The Bertz CT molecular complexity index is 1270. The van der Waals surface area contributed by atoms with Crippen LogP contribution in [0.25, 0.3) is 11.3 Å². The van der Waals surface area contributed by atoms with Gasteiger partial charge < -0.3 is 15.8 Å². The number of aryl methyl sites for hydroxylation is 2. The van der Waals surface area contributed by atoms with Gasteiger partial charge in [-0.2, -0.15) is 5.10 Å². The smallest absolute Gasteiger partial charge is 0.261 e. The van der Waals surface area contributed by atoms with Crippen molar-refractivity contribution in [2.75, 3.05) is 25.4 Å². The minimum atomic E-state index is -0.795. The lowest BCUT2D eigenvalue weighted by Gasteiger charge is -2.30. The van der Waals surface area contributed by atoms with Crippen LogP contribution in [-0.2, 0) is 12.1 Å². The monoisotopic (exact) mass is 467 g/mol. The van der Waals surface area contributed by atoms with Gasteiger partial charge in [-0.1, -0.05) is 0 Å². The minimum Gasteiger partial charge on any atom is -0.480 e. The second kappa shape index (κ2) is 8.82. The summed E-state index contributed by atoms with van der Waals surface area (Å²) in [4.78, 5) is 36.6. The summed E-state index contributed by atoms with van der Waals surface area (Å²) in [5.74, 6) is -0.453. The fraction of sp³-hybridized carbons (Fsp3) is 0.348. The maximum atomic E-state index is 13.4. The van der Waals surface area contributed by atoms with E-state index in [4.69, 9.17) is 15.5 Å². The standard InChI is InChI=1S/C23H26FN7O3/c1-13-7-17(14-8-16(20(32)27-12-25)21(34-4)26-9-14)29-19-18(13)22(33)31(23(19,2)3)15-10-28-30(11-15)6-5-24/h7-11H,5-6,12,25H2,1-4H3,(H,27,32). The first-order chi connectivity index (χ1) is 16.2. The van der Waals surface area contributed by atoms with Gasteiger partial charge in [0, 0.05) is 18.0 Å². The highest BCUT2D eigenvalue weighted by molar-refractivity contribution is 6.12. The molecule has 0 fully saturated rings. The van der Waals surface area contributed by atoms with Gasteiger partial charge in [0.25, 0.3) is 11.8 Å². The predicted molar refractivity (Wildman–Crippen MR) is 123 cm³/mol. The maximum Gasteiger partial charge on any atom is 0.261 e. The van der Waals surface area contributed by atoms with Crippen LogP contribution in [0.3, 0.4) is 0 Å². The first-order valence-corrected chi connectivity index (χ1v) is 10.7. The van der Waals surface area contributed by atoms with Crippen molar-refractivity contribution in [3.8, 4) is 17.1 Å². The van der Waals surface area contributed by atoms with E-state index >= 15 is 0 Å². The third-order valence-corrected chi connectivity index (χ3v) is 5.81. The molecule has 0 atom stereocenters. The summed E-state index contributed by atoms with van der Waals surface area (Å²) in [5.41, 5.74) is 8.42. The van der Waals surface area contributed by atoms with Crippen molar-refractivity contribution in [3.05, 3.63) is 53.1 Å². The molecule has 0 saturated heterocycles. The van der Waals surface area contributed by atoms with Crippen LogP contribution >= 0.6 is 0 Å². The molecule has 0 bridgehead atoms. The lowest BCUT2D eigenvalue weighted by Crippen LogP contribution is -2.39.